The number of guanidine groups is 1. The predicted octanol–water partition coefficient (Wildman–Crippen LogP) is -0.497. The third-order valence-corrected chi connectivity index (χ3v) is 8.80. The molecular formula is C29H44N6O7. The van der Waals surface area contributed by atoms with E-state index in [4.69, 9.17) is 11.1 Å². The Morgan fingerprint density at radius 3 is 2.50 bits per heavy atom. The summed E-state index contributed by atoms with van der Waals surface area (Å²) in [5, 5.41) is 54.5. The van der Waals surface area contributed by atoms with Crippen LogP contribution in [0.15, 0.2) is 24.3 Å². The van der Waals surface area contributed by atoms with Crippen molar-refractivity contribution < 1.29 is 34.8 Å². The Morgan fingerprint density at radius 1 is 1.12 bits per heavy atom. The first-order chi connectivity index (χ1) is 20.0. The molecule has 232 valence electrons. The van der Waals surface area contributed by atoms with Crippen molar-refractivity contribution in [2.75, 3.05) is 6.54 Å². The lowest BCUT2D eigenvalue weighted by Gasteiger charge is -2.40. The first kappa shape index (κ1) is 31.5. The maximum Gasteiger partial charge on any atom is 0.249 e. The minimum atomic E-state index is -1.43. The van der Waals surface area contributed by atoms with E-state index in [0.29, 0.717) is 57.1 Å². The number of likely N-dealkylation sites (tertiary alicyclic amines) is 2. The van der Waals surface area contributed by atoms with Gasteiger partial charge < -0.3 is 46.6 Å². The highest BCUT2D eigenvalue weighted by atomic mass is 16.3. The van der Waals surface area contributed by atoms with Gasteiger partial charge >= 0.3 is 0 Å². The number of fused-ring (bicyclic) bond motifs is 1. The SMILES string of the molecule is CCC[C@H](NC(=O)[C@@H](O)Cc1ccc(O)cc1)C(=O)N1[C@@H](C(=O)N[C@@H]2CCCN(C(=N)N)[C@H]2O)C[C@H]2CC[C@H](O)C[C@H]21. The van der Waals surface area contributed by atoms with Crippen molar-refractivity contribution in [2.45, 2.75) is 107 Å². The second kappa shape index (κ2) is 13.7. The molecule has 2 saturated heterocycles. The fourth-order valence-corrected chi connectivity index (χ4v) is 6.60. The quantitative estimate of drug-likeness (QED) is 0.138. The summed E-state index contributed by atoms with van der Waals surface area (Å²) in [6.45, 7) is 2.27. The highest BCUT2D eigenvalue weighted by molar-refractivity contribution is 5.93. The van der Waals surface area contributed by atoms with Crippen LogP contribution in [0.3, 0.4) is 0 Å². The van der Waals surface area contributed by atoms with E-state index >= 15 is 0 Å². The Bertz CT molecular complexity index is 1130. The number of benzene rings is 1. The van der Waals surface area contributed by atoms with E-state index in [1.54, 1.807) is 12.1 Å². The van der Waals surface area contributed by atoms with Gasteiger partial charge in [-0.1, -0.05) is 25.5 Å². The van der Waals surface area contributed by atoms with Crippen LogP contribution in [-0.2, 0) is 20.8 Å². The number of hydrogen-bond acceptors (Lipinski definition) is 8. The number of carbonyl (C=O) groups excluding carboxylic acids is 3. The number of piperidine rings is 1. The lowest BCUT2D eigenvalue weighted by Crippen LogP contribution is -2.62. The second-order valence-corrected chi connectivity index (χ2v) is 11.8. The average Bonchev–Trinajstić information content (AvgIpc) is 3.33. The van der Waals surface area contributed by atoms with Crippen molar-refractivity contribution in [3.63, 3.8) is 0 Å². The van der Waals surface area contributed by atoms with E-state index in [9.17, 15) is 34.8 Å². The van der Waals surface area contributed by atoms with Crippen molar-refractivity contribution in [3.8, 4) is 5.75 Å². The number of phenolic OH excluding ortho intramolecular Hbond substituents is 1. The van der Waals surface area contributed by atoms with Gasteiger partial charge in [0.1, 0.15) is 30.2 Å². The summed E-state index contributed by atoms with van der Waals surface area (Å²) in [6, 6.07) is 3.20. The molecule has 1 saturated carbocycles. The zero-order valence-electron chi connectivity index (χ0n) is 24.0. The molecule has 3 fully saturated rings. The van der Waals surface area contributed by atoms with Crippen molar-refractivity contribution >= 4 is 23.7 Å². The van der Waals surface area contributed by atoms with E-state index in [1.165, 1.54) is 21.9 Å². The molecule has 9 N–H and O–H groups in total. The Labute approximate surface area is 245 Å². The molecule has 4 rings (SSSR count). The van der Waals surface area contributed by atoms with Gasteiger partial charge in [-0.15, -0.1) is 0 Å². The molecule has 8 atom stereocenters. The summed E-state index contributed by atoms with van der Waals surface area (Å²) in [7, 11) is 0. The fourth-order valence-electron chi connectivity index (χ4n) is 6.60. The number of aromatic hydroxyl groups is 1. The molecule has 42 heavy (non-hydrogen) atoms. The Balaban J connectivity index is 1.51. The van der Waals surface area contributed by atoms with Gasteiger partial charge in [0.2, 0.25) is 17.7 Å². The van der Waals surface area contributed by atoms with Gasteiger partial charge in [0, 0.05) is 19.0 Å². The summed E-state index contributed by atoms with van der Waals surface area (Å²) >= 11 is 0. The van der Waals surface area contributed by atoms with Crippen molar-refractivity contribution in [1.82, 2.24) is 20.4 Å². The van der Waals surface area contributed by atoms with E-state index in [-0.39, 0.29) is 36.5 Å². The van der Waals surface area contributed by atoms with Crippen molar-refractivity contribution in [3.05, 3.63) is 29.8 Å². The van der Waals surface area contributed by atoms with Gasteiger partial charge in [-0.25, -0.2) is 0 Å². The van der Waals surface area contributed by atoms with Crippen LogP contribution in [0.2, 0.25) is 0 Å². The number of aliphatic hydroxyl groups excluding tert-OH is 3. The van der Waals surface area contributed by atoms with Crippen LogP contribution in [0.25, 0.3) is 0 Å². The molecule has 1 aromatic rings. The molecule has 3 aliphatic rings. The highest BCUT2D eigenvalue weighted by Gasteiger charge is 2.50. The molecule has 3 amide bonds. The molecule has 0 radical (unpaired) electrons. The van der Waals surface area contributed by atoms with Crippen LogP contribution in [0.4, 0.5) is 0 Å². The van der Waals surface area contributed by atoms with Crippen molar-refractivity contribution in [2.24, 2.45) is 11.7 Å². The molecular weight excluding hydrogens is 544 g/mol. The molecule has 0 unspecified atom stereocenters. The summed E-state index contributed by atoms with van der Waals surface area (Å²) in [6.07, 6.45) is 0.662. The topological polar surface area (TPSA) is 213 Å². The molecule has 2 aliphatic heterocycles. The van der Waals surface area contributed by atoms with Crippen LogP contribution in [-0.4, -0.2) is 103 Å². The number of rotatable bonds is 9. The number of nitrogens with two attached hydrogens (primary N) is 1. The molecule has 2 heterocycles. The van der Waals surface area contributed by atoms with E-state index < -0.39 is 54.3 Å². The highest BCUT2D eigenvalue weighted by Crippen LogP contribution is 2.40. The minimum absolute atomic E-state index is 0.00355. The number of aliphatic hydroxyl groups is 3. The summed E-state index contributed by atoms with van der Waals surface area (Å²) in [4.78, 5) is 43.6. The Morgan fingerprint density at radius 2 is 1.83 bits per heavy atom. The fraction of sp³-hybridized carbons (Fsp3) is 0.655. The largest absolute Gasteiger partial charge is 0.508 e. The predicted molar refractivity (Wildman–Crippen MR) is 153 cm³/mol. The van der Waals surface area contributed by atoms with Crippen LogP contribution in [0.5, 0.6) is 5.75 Å². The number of nitrogens with zero attached hydrogens (tertiary/aromatic N) is 2. The van der Waals surface area contributed by atoms with Gasteiger partial charge in [-0.3, -0.25) is 19.8 Å². The van der Waals surface area contributed by atoms with Gasteiger partial charge in [0.25, 0.3) is 0 Å². The molecule has 0 spiro atoms. The second-order valence-electron chi connectivity index (χ2n) is 11.8. The minimum Gasteiger partial charge on any atom is -0.508 e. The zero-order valence-corrected chi connectivity index (χ0v) is 24.0. The molecule has 1 aromatic carbocycles. The van der Waals surface area contributed by atoms with Crippen LogP contribution >= 0.6 is 0 Å². The first-order valence-electron chi connectivity index (χ1n) is 14.9. The maximum atomic E-state index is 14.1. The van der Waals surface area contributed by atoms with E-state index in [2.05, 4.69) is 10.6 Å². The van der Waals surface area contributed by atoms with E-state index in [0.717, 1.165) is 0 Å². The zero-order chi connectivity index (χ0) is 30.6. The Hall–Kier alpha value is -3.42. The number of carbonyl (C=O) groups is 3. The van der Waals surface area contributed by atoms with Crippen LogP contribution in [0, 0.1) is 11.3 Å². The normalized spacial score (nSPS) is 28.9. The third kappa shape index (κ3) is 7.13. The van der Waals surface area contributed by atoms with E-state index in [1.807, 2.05) is 6.92 Å². The first-order valence-corrected chi connectivity index (χ1v) is 14.9. The number of phenols is 1. The molecule has 13 nitrogen and oxygen atoms in total. The summed E-state index contributed by atoms with van der Waals surface area (Å²) < 4.78 is 0. The maximum absolute atomic E-state index is 14.1. The number of hydrogen-bond donors (Lipinski definition) is 8. The lowest BCUT2D eigenvalue weighted by atomic mass is 9.83. The Kier molecular flexibility index (Phi) is 10.3. The smallest absolute Gasteiger partial charge is 0.249 e. The molecule has 0 aromatic heterocycles. The van der Waals surface area contributed by atoms with Crippen LogP contribution in [0.1, 0.15) is 63.9 Å². The number of nitrogens with one attached hydrogen (secondary N) is 3. The lowest BCUT2D eigenvalue weighted by molar-refractivity contribution is -0.146. The van der Waals surface area contributed by atoms with Crippen LogP contribution < -0.4 is 16.4 Å². The van der Waals surface area contributed by atoms with Gasteiger partial charge in [0.05, 0.1) is 12.1 Å². The monoisotopic (exact) mass is 588 g/mol. The molecule has 13 heteroatoms. The number of amides is 3. The van der Waals surface area contributed by atoms with Gasteiger partial charge in [-0.05, 0) is 68.6 Å². The molecule has 0 bridgehead atoms. The standard InChI is InChI=1S/C29H44N6O7/c1-2-4-20(33-26(40)24(38)13-16-6-9-18(36)10-7-16)28(42)35-22-15-19(37)11-8-17(22)14-23(35)25(39)32-21-5-3-12-34(27(21)41)29(30)31/h6-7,9-10,17,19-24,27,36-38,41H,2-5,8,11-15H2,1H3,(H3,30,31)(H,32,39)(H,33,40)/t17-,19+,20+,21-,22-,23-,24+,27+/m1/s1. The summed E-state index contributed by atoms with van der Waals surface area (Å²) in [5.74, 6) is -1.82. The summed E-state index contributed by atoms with van der Waals surface area (Å²) in [5.41, 5.74) is 6.23. The average molecular weight is 589 g/mol. The third-order valence-electron chi connectivity index (χ3n) is 8.80. The van der Waals surface area contributed by atoms with Gasteiger partial charge in [0.15, 0.2) is 5.96 Å². The molecule has 1 aliphatic carbocycles. The van der Waals surface area contributed by atoms with Gasteiger partial charge in [-0.2, -0.15) is 0 Å². The van der Waals surface area contributed by atoms with Crippen molar-refractivity contribution in [1.29, 1.82) is 5.41 Å².